The Morgan fingerprint density at radius 3 is 2.89 bits per heavy atom. The standard InChI is InChI=1S/C12H20N4O2/c17-11-2-7-16(8-3-11)12(18)14-4-1-6-15-9-5-13-10-15/h5,9-11,17H,1-4,6-8H2,(H,14,18). The number of rotatable bonds is 4. The summed E-state index contributed by atoms with van der Waals surface area (Å²) in [6, 6.07) is -0.0208. The molecule has 2 heterocycles. The molecule has 0 saturated carbocycles. The molecular weight excluding hydrogens is 232 g/mol. The maximum absolute atomic E-state index is 11.8. The zero-order valence-electron chi connectivity index (χ0n) is 10.5. The van der Waals surface area contributed by atoms with Gasteiger partial charge in [-0.1, -0.05) is 0 Å². The number of amides is 2. The summed E-state index contributed by atoms with van der Waals surface area (Å²) >= 11 is 0. The number of urea groups is 1. The van der Waals surface area contributed by atoms with E-state index in [1.807, 2.05) is 10.8 Å². The third-order valence-electron chi connectivity index (χ3n) is 3.18. The predicted octanol–water partition coefficient (Wildman–Crippen LogP) is 0.439. The van der Waals surface area contributed by atoms with Crippen LogP contribution in [-0.4, -0.2) is 51.3 Å². The molecule has 0 unspecified atom stereocenters. The molecule has 0 bridgehead atoms. The van der Waals surface area contributed by atoms with Crippen LogP contribution in [0.1, 0.15) is 19.3 Å². The topological polar surface area (TPSA) is 70.4 Å². The maximum atomic E-state index is 11.8. The number of imidazole rings is 1. The van der Waals surface area contributed by atoms with Gasteiger partial charge in [0, 0.05) is 38.6 Å². The Balaban J connectivity index is 1.60. The smallest absolute Gasteiger partial charge is 0.317 e. The van der Waals surface area contributed by atoms with Crippen molar-refractivity contribution in [3.8, 4) is 0 Å². The van der Waals surface area contributed by atoms with Gasteiger partial charge in [0.15, 0.2) is 0 Å². The van der Waals surface area contributed by atoms with Crippen LogP contribution in [0.15, 0.2) is 18.7 Å². The number of piperidine rings is 1. The van der Waals surface area contributed by atoms with Crippen molar-refractivity contribution in [1.82, 2.24) is 19.8 Å². The SMILES string of the molecule is O=C(NCCCn1ccnc1)N1CCC(O)CC1. The van der Waals surface area contributed by atoms with Crippen LogP contribution >= 0.6 is 0 Å². The van der Waals surface area contributed by atoms with E-state index < -0.39 is 0 Å². The van der Waals surface area contributed by atoms with Gasteiger partial charge < -0.3 is 19.9 Å². The van der Waals surface area contributed by atoms with E-state index in [1.165, 1.54) is 0 Å². The van der Waals surface area contributed by atoms with Crippen LogP contribution in [0, 0.1) is 0 Å². The highest BCUT2D eigenvalue weighted by Gasteiger charge is 2.20. The minimum Gasteiger partial charge on any atom is -0.393 e. The van der Waals surface area contributed by atoms with Crippen LogP contribution in [0.4, 0.5) is 4.79 Å². The second-order valence-corrected chi connectivity index (χ2v) is 4.60. The summed E-state index contributed by atoms with van der Waals surface area (Å²) in [5, 5.41) is 12.3. The monoisotopic (exact) mass is 252 g/mol. The number of aliphatic hydroxyl groups is 1. The van der Waals surface area contributed by atoms with Gasteiger partial charge in [-0.2, -0.15) is 0 Å². The first-order chi connectivity index (χ1) is 8.75. The molecule has 0 aromatic carbocycles. The van der Waals surface area contributed by atoms with E-state index in [2.05, 4.69) is 10.3 Å². The second-order valence-electron chi connectivity index (χ2n) is 4.60. The highest BCUT2D eigenvalue weighted by Crippen LogP contribution is 2.09. The molecule has 2 rings (SSSR count). The molecule has 0 atom stereocenters. The number of likely N-dealkylation sites (tertiary alicyclic amines) is 1. The maximum Gasteiger partial charge on any atom is 0.317 e. The Morgan fingerprint density at radius 2 is 2.22 bits per heavy atom. The Bertz CT molecular complexity index is 358. The summed E-state index contributed by atoms with van der Waals surface area (Å²) in [7, 11) is 0. The van der Waals surface area contributed by atoms with Crippen LogP contribution in [0.3, 0.4) is 0 Å². The van der Waals surface area contributed by atoms with Gasteiger partial charge in [-0.3, -0.25) is 0 Å². The van der Waals surface area contributed by atoms with Crippen LogP contribution in [0.5, 0.6) is 0 Å². The van der Waals surface area contributed by atoms with E-state index in [4.69, 9.17) is 0 Å². The molecule has 0 spiro atoms. The van der Waals surface area contributed by atoms with E-state index in [9.17, 15) is 9.90 Å². The van der Waals surface area contributed by atoms with Gasteiger partial charge in [0.25, 0.3) is 0 Å². The van der Waals surface area contributed by atoms with Gasteiger partial charge in [0.1, 0.15) is 0 Å². The predicted molar refractivity (Wildman–Crippen MR) is 67.1 cm³/mol. The third-order valence-corrected chi connectivity index (χ3v) is 3.18. The molecule has 1 saturated heterocycles. The fraction of sp³-hybridized carbons (Fsp3) is 0.667. The van der Waals surface area contributed by atoms with Crippen molar-refractivity contribution in [3.05, 3.63) is 18.7 Å². The summed E-state index contributed by atoms with van der Waals surface area (Å²) in [6.07, 6.45) is 7.44. The number of nitrogens with one attached hydrogen (secondary N) is 1. The van der Waals surface area contributed by atoms with Gasteiger partial charge >= 0.3 is 6.03 Å². The first-order valence-corrected chi connectivity index (χ1v) is 6.42. The molecule has 1 aromatic rings. The quantitative estimate of drug-likeness (QED) is 0.764. The average Bonchev–Trinajstić information content (AvgIpc) is 2.88. The molecule has 1 aromatic heterocycles. The summed E-state index contributed by atoms with van der Waals surface area (Å²) in [5.41, 5.74) is 0. The van der Waals surface area contributed by atoms with Gasteiger partial charge in [0.05, 0.1) is 12.4 Å². The van der Waals surface area contributed by atoms with E-state index in [0.717, 1.165) is 13.0 Å². The number of aromatic nitrogens is 2. The molecular formula is C12H20N4O2. The Hall–Kier alpha value is -1.56. The van der Waals surface area contributed by atoms with Crippen molar-refractivity contribution >= 4 is 6.03 Å². The number of carbonyl (C=O) groups is 1. The van der Waals surface area contributed by atoms with E-state index in [1.54, 1.807) is 17.4 Å². The first-order valence-electron chi connectivity index (χ1n) is 6.42. The normalized spacial score (nSPS) is 16.8. The Kier molecular flexibility index (Phi) is 4.58. The number of aryl methyl sites for hydroxylation is 1. The minimum absolute atomic E-state index is 0.0208. The van der Waals surface area contributed by atoms with Gasteiger partial charge in [0.2, 0.25) is 0 Å². The lowest BCUT2D eigenvalue weighted by Gasteiger charge is -2.29. The molecule has 1 aliphatic rings. The number of carbonyl (C=O) groups excluding carboxylic acids is 1. The summed E-state index contributed by atoms with van der Waals surface area (Å²) < 4.78 is 1.99. The van der Waals surface area contributed by atoms with E-state index >= 15 is 0 Å². The molecule has 100 valence electrons. The molecule has 6 nitrogen and oxygen atoms in total. The van der Waals surface area contributed by atoms with Gasteiger partial charge in [-0.05, 0) is 19.3 Å². The second kappa shape index (κ2) is 6.39. The fourth-order valence-electron chi connectivity index (χ4n) is 2.06. The number of aliphatic hydroxyl groups excluding tert-OH is 1. The van der Waals surface area contributed by atoms with Crippen LogP contribution in [0.2, 0.25) is 0 Å². The van der Waals surface area contributed by atoms with Crippen molar-refractivity contribution < 1.29 is 9.90 Å². The highest BCUT2D eigenvalue weighted by atomic mass is 16.3. The number of nitrogens with zero attached hydrogens (tertiary/aromatic N) is 3. The van der Waals surface area contributed by atoms with Crippen molar-refractivity contribution in [2.75, 3.05) is 19.6 Å². The van der Waals surface area contributed by atoms with Gasteiger partial charge in [-0.15, -0.1) is 0 Å². The molecule has 0 radical (unpaired) electrons. The van der Waals surface area contributed by atoms with Crippen molar-refractivity contribution in [2.24, 2.45) is 0 Å². The fourth-order valence-corrected chi connectivity index (χ4v) is 2.06. The number of hydrogen-bond acceptors (Lipinski definition) is 3. The largest absolute Gasteiger partial charge is 0.393 e. The molecule has 2 N–H and O–H groups in total. The van der Waals surface area contributed by atoms with Gasteiger partial charge in [-0.25, -0.2) is 9.78 Å². The molecule has 6 heteroatoms. The molecule has 0 aliphatic carbocycles. The first kappa shape index (κ1) is 12.9. The minimum atomic E-state index is -0.240. The van der Waals surface area contributed by atoms with Crippen molar-refractivity contribution in [2.45, 2.75) is 31.9 Å². The van der Waals surface area contributed by atoms with Crippen LogP contribution in [0.25, 0.3) is 0 Å². The van der Waals surface area contributed by atoms with Crippen LogP contribution in [-0.2, 0) is 6.54 Å². The Morgan fingerprint density at radius 1 is 1.44 bits per heavy atom. The highest BCUT2D eigenvalue weighted by molar-refractivity contribution is 5.74. The van der Waals surface area contributed by atoms with E-state index in [0.29, 0.717) is 32.5 Å². The molecule has 2 amide bonds. The average molecular weight is 252 g/mol. The lowest BCUT2D eigenvalue weighted by Crippen LogP contribution is -2.45. The third kappa shape index (κ3) is 3.73. The Labute approximate surface area is 107 Å². The molecule has 1 aliphatic heterocycles. The molecule has 18 heavy (non-hydrogen) atoms. The van der Waals surface area contributed by atoms with Crippen molar-refractivity contribution in [1.29, 1.82) is 0 Å². The van der Waals surface area contributed by atoms with Crippen molar-refractivity contribution in [3.63, 3.8) is 0 Å². The summed E-state index contributed by atoms with van der Waals surface area (Å²) in [5.74, 6) is 0. The van der Waals surface area contributed by atoms with Crippen LogP contribution < -0.4 is 5.32 Å². The summed E-state index contributed by atoms with van der Waals surface area (Å²) in [6.45, 7) is 2.82. The lowest BCUT2D eigenvalue weighted by molar-refractivity contribution is 0.0937. The van der Waals surface area contributed by atoms with E-state index in [-0.39, 0.29) is 12.1 Å². The zero-order chi connectivity index (χ0) is 12.8. The molecule has 1 fully saturated rings. The number of hydrogen-bond donors (Lipinski definition) is 2. The zero-order valence-corrected chi connectivity index (χ0v) is 10.5. The lowest BCUT2D eigenvalue weighted by atomic mass is 10.1. The summed E-state index contributed by atoms with van der Waals surface area (Å²) in [4.78, 5) is 17.5.